The first kappa shape index (κ1) is 15.8. The minimum absolute atomic E-state index is 0.283. The van der Waals surface area contributed by atoms with Crippen molar-refractivity contribution in [3.05, 3.63) is 36.3 Å². The Balaban J connectivity index is 2.17. The molecule has 7 nitrogen and oxygen atoms in total. The number of carbonyl (C=O) groups is 1. The van der Waals surface area contributed by atoms with E-state index in [9.17, 15) is 4.79 Å². The highest BCUT2D eigenvalue weighted by atomic mass is 16.5. The van der Waals surface area contributed by atoms with Crippen molar-refractivity contribution in [2.24, 2.45) is 7.05 Å². The number of fused-ring (bicyclic) bond motifs is 1. The number of hydrogen-bond donors (Lipinski definition) is 2. The molecule has 0 radical (unpaired) electrons. The van der Waals surface area contributed by atoms with Gasteiger partial charge < -0.3 is 15.4 Å². The van der Waals surface area contributed by atoms with Crippen LogP contribution in [0.5, 0.6) is 5.75 Å². The number of aromatic nitrogens is 3. The first-order valence-corrected chi connectivity index (χ1v) is 7.49. The third kappa shape index (κ3) is 2.88. The van der Waals surface area contributed by atoms with Crippen LogP contribution in [0, 0.1) is 6.92 Å². The molecule has 0 saturated carbocycles. The average molecular weight is 325 g/mol. The highest BCUT2D eigenvalue weighted by Crippen LogP contribution is 2.33. The standard InChI is InChI=1S/C17H19N5O2/c1-10-14(21-17(23)18-2)6-12-5-11(13-8-19-22(3)9-13)7-15(24-4)16(12)20-10/h5-9H,1-4H3,(H2,18,21,23). The summed E-state index contributed by atoms with van der Waals surface area (Å²) in [5.41, 5.74) is 4.10. The number of rotatable bonds is 3. The Hall–Kier alpha value is -3.09. The molecular formula is C17H19N5O2. The maximum atomic E-state index is 11.6. The molecule has 2 N–H and O–H groups in total. The summed E-state index contributed by atoms with van der Waals surface area (Å²) in [6.07, 6.45) is 3.73. The SMILES string of the molecule is CNC(=O)Nc1cc2cc(-c3cnn(C)c3)cc(OC)c2nc1C. The molecule has 0 bridgehead atoms. The number of nitrogens with one attached hydrogen (secondary N) is 2. The molecule has 0 unspecified atom stereocenters. The molecule has 0 saturated heterocycles. The van der Waals surface area contributed by atoms with Gasteiger partial charge in [-0.25, -0.2) is 9.78 Å². The smallest absolute Gasteiger partial charge is 0.319 e. The molecule has 7 heteroatoms. The molecule has 0 aliphatic carbocycles. The van der Waals surface area contributed by atoms with Crippen molar-refractivity contribution < 1.29 is 9.53 Å². The van der Waals surface area contributed by atoms with Gasteiger partial charge in [0.2, 0.25) is 0 Å². The van der Waals surface area contributed by atoms with E-state index in [0.717, 1.165) is 27.7 Å². The Morgan fingerprint density at radius 3 is 2.67 bits per heavy atom. The molecule has 0 aliphatic heterocycles. The van der Waals surface area contributed by atoms with E-state index in [2.05, 4.69) is 20.7 Å². The summed E-state index contributed by atoms with van der Waals surface area (Å²) in [5, 5.41) is 10.4. The molecule has 24 heavy (non-hydrogen) atoms. The van der Waals surface area contributed by atoms with Gasteiger partial charge in [0.1, 0.15) is 11.3 Å². The summed E-state index contributed by atoms with van der Waals surface area (Å²) in [5.74, 6) is 0.681. The number of hydrogen-bond acceptors (Lipinski definition) is 4. The number of nitrogens with zero attached hydrogens (tertiary/aromatic N) is 3. The maximum absolute atomic E-state index is 11.6. The fourth-order valence-electron chi connectivity index (χ4n) is 2.55. The van der Waals surface area contributed by atoms with Gasteiger partial charge >= 0.3 is 6.03 Å². The lowest BCUT2D eigenvalue weighted by molar-refractivity contribution is 0.254. The quantitative estimate of drug-likeness (QED) is 0.776. The zero-order valence-corrected chi connectivity index (χ0v) is 14.0. The third-order valence-corrected chi connectivity index (χ3v) is 3.81. The van der Waals surface area contributed by atoms with Gasteiger partial charge in [-0.1, -0.05) is 0 Å². The highest BCUT2D eigenvalue weighted by molar-refractivity contribution is 5.96. The second kappa shape index (κ2) is 6.19. The van der Waals surface area contributed by atoms with Crippen LogP contribution in [0.3, 0.4) is 0 Å². The minimum atomic E-state index is -0.283. The Morgan fingerprint density at radius 2 is 2.04 bits per heavy atom. The minimum Gasteiger partial charge on any atom is -0.494 e. The van der Waals surface area contributed by atoms with Crippen molar-refractivity contribution in [1.29, 1.82) is 0 Å². The second-order valence-electron chi connectivity index (χ2n) is 5.48. The van der Waals surface area contributed by atoms with Gasteiger partial charge in [0, 0.05) is 31.2 Å². The van der Waals surface area contributed by atoms with Crippen LogP contribution in [0.2, 0.25) is 0 Å². The van der Waals surface area contributed by atoms with Crippen LogP contribution in [0.1, 0.15) is 5.69 Å². The summed E-state index contributed by atoms with van der Waals surface area (Å²) in [4.78, 5) is 16.2. The van der Waals surface area contributed by atoms with Gasteiger partial charge in [-0.05, 0) is 30.7 Å². The van der Waals surface area contributed by atoms with Crippen LogP contribution >= 0.6 is 0 Å². The summed E-state index contributed by atoms with van der Waals surface area (Å²) >= 11 is 0. The number of benzene rings is 1. The van der Waals surface area contributed by atoms with E-state index in [4.69, 9.17) is 4.74 Å². The summed E-state index contributed by atoms with van der Waals surface area (Å²) in [6, 6.07) is 5.57. The van der Waals surface area contributed by atoms with Gasteiger partial charge in [0.05, 0.1) is 24.7 Å². The Morgan fingerprint density at radius 1 is 1.25 bits per heavy atom. The van der Waals surface area contributed by atoms with Crippen LogP contribution in [0.25, 0.3) is 22.0 Å². The number of pyridine rings is 1. The van der Waals surface area contributed by atoms with Gasteiger partial charge in [-0.15, -0.1) is 0 Å². The van der Waals surface area contributed by atoms with E-state index in [1.807, 2.05) is 38.4 Å². The van der Waals surface area contributed by atoms with E-state index < -0.39 is 0 Å². The zero-order valence-electron chi connectivity index (χ0n) is 14.0. The van der Waals surface area contributed by atoms with Crippen LogP contribution in [0.4, 0.5) is 10.5 Å². The van der Waals surface area contributed by atoms with E-state index in [1.54, 1.807) is 25.0 Å². The summed E-state index contributed by atoms with van der Waals surface area (Å²) < 4.78 is 7.25. The van der Waals surface area contributed by atoms with Crippen molar-refractivity contribution in [2.75, 3.05) is 19.5 Å². The summed E-state index contributed by atoms with van der Waals surface area (Å²) in [6.45, 7) is 1.85. The first-order valence-electron chi connectivity index (χ1n) is 7.49. The molecule has 2 heterocycles. The molecular weight excluding hydrogens is 306 g/mol. The molecule has 1 aromatic carbocycles. The molecule has 0 fully saturated rings. The zero-order chi connectivity index (χ0) is 17.3. The monoisotopic (exact) mass is 325 g/mol. The number of anilines is 1. The lowest BCUT2D eigenvalue weighted by atomic mass is 10.0. The Labute approximate surface area is 139 Å². The van der Waals surface area contributed by atoms with Crippen LogP contribution < -0.4 is 15.4 Å². The van der Waals surface area contributed by atoms with Gasteiger partial charge in [0.25, 0.3) is 0 Å². The van der Waals surface area contributed by atoms with Crippen molar-refractivity contribution in [2.45, 2.75) is 6.92 Å². The predicted molar refractivity (Wildman–Crippen MR) is 93.3 cm³/mol. The lowest BCUT2D eigenvalue weighted by Crippen LogP contribution is -2.25. The molecule has 3 aromatic rings. The van der Waals surface area contributed by atoms with Crippen LogP contribution in [-0.4, -0.2) is 35.0 Å². The number of urea groups is 1. The topological polar surface area (TPSA) is 81.1 Å². The largest absolute Gasteiger partial charge is 0.494 e. The van der Waals surface area contributed by atoms with Gasteiger partial charge in [0.15, 0.2) is 0 Å². The average Bonchev–Trinajstić information content (AvgIpc) is 3.01. The Bertz CT molecular complexity index is 917. The third-order valence-electron chi connectivity index (χ3n) is 3.81. The van der Waals surface area contributed by atoms with Crippen molar-refractivity contribution in [3.8, 4) is 16.9 Å². The fourth-order valence-corrected chi connectivity index (χ4v) is 2.55. The number of amides is 2. The molecule has 0 atom stereocenters. The predicted octanol–water partition coefficient (Wildman–Crippen LogP) is 2.70. The van der Waals surface area contributed by atoms with Crippen LogP contribution in [0.15, 0.2) is 30.6 Å². The van der Waals surface area contributed by atoms with Gasteiger partial charge in [-0.2, -0.15) is 5.10 Å². The number of ether oxygens (including phenoxy) is 1. The summed E-state index contributed by atoms with van der Waals surface area (Å²) in [7, 11) is 5.07. The van der Waals surface area contributed by atoms with Crippen molar-refractivity contribution >= 4 is 22.6 Å². The highest BCUT2D eigenvalue weighted by Gasteiger charge is 2.12. The first-order chi connectivity index (χ1) is 11.5. The van der Waals surface area contributed by atoms with Crippen molar-refractivity contribution in [1.82, 2.24) is 20.1 Å². The number of aryl methyl sites for hydroxylation is 2. The van der Waals surface area contributed by atoms with E-state index in [1.165, 1.54) is 0 Å². The molecule has 0 aliphatic rings. The van der Waals surface area contributed by atoms with E-state index >= 15 is 0 Å². The molecule has 2 aromatic heterocycles. The lowest BCUT2D eigenvalue weighted by Gasteiger charge is -2.12. The van der Waals surface area contributed by atoms with E-state index in [-0.39, 0.29) is 6.03 Å². The number of carbonyl (C=O) groups excluding carboxylic acids is 1. The molecule has 124 valence electrons. The molecule has 2 amide bonds. The number of methoxy groups -OCH3 is 1. The normalized spacial score (nSPS) is 10.7. The fraction of sp³-hybridized carbons (Fsp3) is 0.235. The van der Waals surface area contributed by atoms with Crippen molar-refractivity contribution in [3.63, 3.8) is 0 Å². The maximum Gasteiger partial charge on any atom is 0.319 e. The second-order valence-corrected chi connectivity index (χ2v) is 5.48. The molecule has 0 spiro atoms. The van der Waals surface area contributed by atoms with Gasteiger partial charge in [-0.3, -0.25) is 4.68 Å². The van der Waals surface area contributed by atoms with Crippen LogP contribution in [-0.2, 0) is 7.05 Å². The molecule has 3 rings (SSSR count). The Kier molecular flexibility index (Phi) is 4.07. The van der Waals surface area contributed by atoms with E-state index in [0.29, 0.717) is 11.4 Å².